The lowest BCUT2D eigenvalue weighted by Crippen LogP contribution is -2.67. The minimum atomic E-state index is -2.69. The number of aliphatic hydroxyl groups is 1. The molecule has 0 saturated heterocycles. The Bertz CT molecular complexity index is 1180. The third-order valence-electron chi connectivity index (χ3n) is 6.84. The Hall–Kier alpha value is -3.07. The maximum absolute atomic E-state index is 12.5. The van der Waals surface area contributed by atoms with Crippen molar-refractivity contribution in [3.63, 3.8) is 0 Å². The van der Waals surface area contributed by atoms with Gasteiger partial charge in [0.2, 0.25) is 5.91 Å². The van der Waals surface area contributed by atoms with Crippen LogP contribution in [0.3, 0.4) is 0 Å². The van der Waals surface area contributed by atoms with Crippen LogP contribution in [-0.2, 0) is 9.22 Å². The number of nitrogens with zero attached hydrogens (tertiary/aromatic N) is 2. The SMILES string of the molecule is CC(=O)Nc1ccn([C@@H]2C[C@H](CO[Si](c3ccccc3)(c3ccccc3)C(C)(C)C)[C@H]2O)c(=O)n1. The van der Waals surface area contributed by atoms with Crippen LogP contribution < -0.4 is 21.4 Å². The molecule has 4 rings (SSSR count). The number of carbonyl (C=O) groups excluding carboxylic acids is 1. The predicted octanol–water partition coefficient (Wildman–Crippen LogP) is 2.70. The Labute approximate surface area is 206 Å². The summed E-state index contributed by atoms with van der Waals surface area (Å²) >= 11 is 0. The lowest BCUT2D eigenvalue weighted by atomic mass is 9.77. The van der Waals surface area contributed by atoms with Gasteiger partial charge in [-0.2, -0.15) is 4.98 Å². The molecule has 35 heavy (non-hydrogen) atoms. The Morgan fingerprint density at radius 3 is 2.11 bits per heavy atom. The average molecular weight is 492 g/mol. The van der Waals surface area contributed by atoms with Crippen LogP contribution in [0.15, 0.2) is 77.7 Å². The van der Waals surface area contributed by atoms with Crippen LogP contribution in [0.4, 0.5) is 5.82 Å². The number of nitrogens with one attached hydrogen (secondary N) is 1. The second-order valence-corrected chi connectivity index (χ2v) is 14.5. The van der Waals surface area contributed by atoms with Crippen LogP contribution in [0.25, 0.3) is 0 Å². The lowest BCUT2D eigenvalue weighted by Gasteiger charge is -2.47. The summed E-state index contributed by atoms with van der Waals surface area (Å²) in [4.78, 5) is 27.6. The minimum Gasteiger partial charge on any atom is -0.407 e. The molecular weight excluding hydrogens is 458 g/mol. The van der Waals surface area contributed by atoms with Gasteiger partial charge >= 0.3 is 5.69 Å². The molecule has 0 spiro atoms. The highest BCUT2D eigenvalue weighted by Gasteiger charge is 2.52. The van der Waals surface area contributed by atoms with E-state index >= 15 is 0 Å². The number of amides is 1. The van der Waals surface area contributed by atoms with Crippen molar-refractivity contribution in [2.45, 2.75) is 51.3 Å². The van der Waals surface area contributed by atoms with E-state index in [1.807, 2.05) is 36.4 Å². The quantitative estimate of drug-likeness (QED) is 0.496. The average Bonchev–Trinajstić information content (AvgIpc) is 2.81. The van der Waals surface area contributed by atoms with E-state index in [0.29, 0.717) is 13.0 Å². The molecule has 1 aliphatic carbocycles. The van der Waals surface area contributed by atoms with E-state index in [9.17, 15) is 14.7 Å². The van der Waals surface area contributed by atoms with E-state index in [2.05, 4.69) is 55.3 Å². The molecule has 7 nitrogen and oxygen atoms in total. The lowest BCUT2D eigenvalue weighted by molar-refractivity contribution is -0.114. The van der Waals surface area contributed by atoms with Gasteiger partial charge in [0.1, 0.15) is 5.82 Å². The predicted molar refractivity (Wildman–Crippen MR) is 140 cm³/mol. The summed E-state index contributed by atoms with van der Waals surface area (Å²) < 4.78 is 8.39. The van der Waals surface area contributed by atoms with Crippen LogP contribution in [0, 0.1) is 5.92 Å². The summed E-state index contributed by atoms with van der Waals surface area (Å²) in [6.07, 6.45) is 1.47. The van der Waals surface area contributed by atoms with Crippen molar-refractivity contribution >= 4 is 30.4 Å². The molecule has 184 valence electrons. The number of aliphatic hydroxyl groups excluding tert-OH is 1. The van der Waals surface area contributed by atoms with Gasteiger partial charge in [0.05, 0.1) is 12.1 Å². The highest BCUT2D eigenvalue weighted by Crippen LogP contribution is 2.41. The second-order valence-electron chi connectivity index (χ2n) is 10.2. The standard InChI is InChI=1S/C27H33N3O4Si/c1-19(31)28-24-15-16-30(26(33)29-24)23-17-20(25(23)32)18-34-35(27(2,3)4,21-11-7-5-8-12-21)22-13-9-6-10-14-22/h5-16,20,23,25,32H,17-18H2,1-4H3,(H,28,29,31,33)/t20-,23-,25-/m1/s1. The van der Waals surface area contributed by atoms with Gasteiger partial charge in [0.25, 0.3) is 8.32 Å². The van der Waals surface area contributed by atoms with Crippen LogP contribution in [0.5, 0.6) is 0 Å². The molecule has 3 atom stereocenters. The van der Waals surface area contributed by atoms with Crippen LogP contribution in [0.1, 0.15) is 40.2 Å². The largest absolute Gasteiger partial charge is 0.407 e. The fourth-order valence-electron chi connectivity index (χ4n) is 5.06. The molecule has 2 N–H and O–H groups in total. The summed E-state index contributed by atoms with van der Waals surface area (Å²) in [5.41, 5.74) is -0.494. The molecule has 1 saturated carbocycles. The number of hydrogen-bond acceptors (Lipinski definition) is 5. The fourth-order valence-corrected chi connectivity index (χ4v) is 9.68. The highest BCUT2D eigenvalue weighted by atomic mass is 28.4. The summed E-state index contributed by atoms with van der Waals surface area (Å²) in [7, 11) is -2.69. The van der Waals surface area contributed by atoms with Crippen LogP contribution in [0.2, 0.25) is 5.04 Å². The van der Waals surface area contributed by atoms with Crippen molar-refractivity contribution in [3.05, 3.63) is 83.4 Å². The molecule has 0 aliphatic heterocycles. The molecule has 0 bridgehead atoms. The van der Waals surface area contributed by atoms with Gasteiger partial charge in [-0.25, -0.2) is 4.79 Å². The molecule has 8 heteroatoms. The first-order chi connectivity index (χ1) is 16.6. The number of carbonyl (C=O) groups is 1. The molecule has 1 fully saturated rings. The van der Waals surface area contributed by atoms with E-state index in [4.69, 9.17) is 4.43 Å². The highest BCUT2D eigenvalue weighted by molar-refractivity contribution is 6.99. The molecule has 1 amide bonds. The Balaban J connectivity index is 1.56. The number of benzene rings is 2. The van der Waals surface area contributed by atoms with E-state index in [1.165, 1.54) is 21.9 Å². The van der Waals surface area contributed by atoms with E-state index < -0.39 is 20.1 Å². The maximum Gasteiger partial charge on any atom is 0.349 e. The smallest absolute Gasteiger partial charge is 0.349 e. The first kappa shape index (κ1) is 25.0. The van der Waals surface area contributed by atoms with Crippen molar-refractivity contribution in [1.82, 2.24) is 9.55 Å². The van der Waals surface area contributed by atoms with Crippen molar-refractivity contribution < 1.29 is 14.3 Å². The number of rotatable bonds is 7. The topological polar surface area (TPSA) is 93.5 Å². The Morgan fingerprint density at radius 1 is 1.09 bits per heavy atom. The summed E-state index contributed by atoms with van der Waals surface area (Å²) in [6, 6.07) is 22.0. The monoisotopic (exact) mass is 491 g/mol. The molecule has 1 aliphatic rings. The van der Waals surface area contributed by atoms with Crippen molar-refractivity contribution in [3.8, 4) is 0 Å². The zero-order valence-electron chi connectivity index (χ0n) is 20.6. The summed E-state index contributed by atoms with van der Waals surface area (Å²) in [5, 5.41) is 15.7. The number of anilines is 1. The minimum absolute atomic E-state index is 0.0939. The van der Waals surface area contributed by atoms with Gasteiger partial charge in [-0.15, -0.1) is 0 Å². The molecule has 1 heterocycles. The molecule has 0 radical (unpaired) electrons. The van der Waals surface area contributed by atoms with Gasteiger partial charge in [-0.1, -0.05) is 81.4 Å². The van der Waals surface area contributed by atoms with Crippen molar-refractivity contribution in [1.29, 1.82) is 0 Å². The zero-order valence-corrected chi connectivity index (χ0v) is 21.6. The first-order valence-electron chi connectivity index (χ1n) is 11.9. The first-order valence-corrected chi connectivity index (χ1v) is 13.8. The second kappa shape index (κ2) is 9.89. The number of hydrogen-bond donors (Lipinski definition) is 2. The van der Waals surface area contributed by atoms with Crippen molar-refractivity contribution in [2.24, 2.45) is 5.92 Å². The van der Waals surface area contributed by atoms with Gasteiger partial charge in [0.15, 0.2) is 0 Å². The molecule has 3 aromatic rings. The fraction of sp³-hybridized carbons (Fsp3) is 0.370. The molecular formula is C27H33N3O4Si. The third kappa shape index (κ3) is 4.87. The normalized spacial score (nSPS) is 20.2. The molecule has 2 aromatic carbocycles. The zero-order chi connectivity index (χ0) is 25.2. The van der Waals surface area contributed by atoms with Crippen molar-refractivity contribution in [2.75, 3.05) is 11.9 Å². The summed E-state index contributed by atoms with van der Waals surface area (Å²) in [6.45, 7) is 8.43. The van der Waals surface area contributed by atoms with E-state index in [0.717, 1.165) is 0 Å². The van der Waals surface area contributed by atoms with Crippen LogP contribution >= 0.6 is 0 Å². The van der Waals surface area contributed by atoms with Gasteiger partial charge in [-0.3, -0.25) is 9.36 Å². The number of aromatic nitrogens is 2. The maximum atomic E-state index is 12.5. The van der Waals surface area contributed by atoms with Gasteiger partial charge in [-0.05, 0) is 27.9 Å². The Morgan fingerprint density at radius 2 is 1.66 bits per heavy atom. The van der Waals surface area contributed by atoms with Gasteiger partial charge < -0.3 is 14.8 Å². The molecule has 0 unspecified atom stereocenters. The third-order valence-corrected chi connectivity index (χ3v) is 11.8. The summed E-state index contributed by atoms with van der Waals surface area (Å²) in [5.74, 6) is -0.179. The van der Waals surface area contributed by atoms with E-state index in [-0.39, 0.29) is 28.7 Å². The van der Waals surface area contributed by atoms with Crippen LogP contribution in [-0.4, -0.2) is 41.6 Å². The molecule has 1 aromatic heterocycles. The van der Waals surface area contributed by atoms with E-state index in [1.54, 1.807) is 12.3 Å². The Kier molecular flexibility index (Phi) is 7.07. The van der Waals surface area contributed by atoms with Gasteiger partial charge in [0, 0.05) is 25.6 Å².